The fourth-order valence-electron chi connectivity index (χ4n) is 4.67. The molecule has 3 heterocycles. The van der Waals surface area contributed by atoms with Crippen LogP contribution in [0.2, 0.25) is 0 Å². The summed E-state index contributed by atoms with van der Waals surface area (Å²) in [6, 6.07) is 16.1. The van der Waals surface area contributed by atoms with Crippen molar-refractivity contribution in [3.63, 3.8) is 0 Å². The van der Waals surface area contributed by atoms with E-state index in [9.17, 15) is 14.4 Å². The summed E-state index contributed by atoms with van der Waals surface area (Å²) < 4.78 is 19.3. The van der Waals surface area contributed by atoms with Crippen molar-refractivity contribution >= 4 is 40.7 Å². The van der Waals surface area contributed by atoms with E-state index < -0.39 is 35.1 Å². The van der Waals surface area contributed by atoms with Gasteiger partial charge in [0.25, 0.3) is 0 Å². The van der Waals surface area contributed by atoms with E-state index in [0.29, 0.717) is 28.2 Å². The Hall–Kier alpha value is -5.52. The fourth-order valence-corrected chi connectivity index (χ4v) is 4.67. The van der Waals surface area contributed by atoms with Crippen LogP contribution in [0.15, 0.2) is 79.4 Å². The molecule has 0 unspecified atom stereocenters. The highest BCUT2D eigenvalue weighted by atomic mass is 16.6. The van der Waals surface area contributed by atoms with Crippen LogP contribution in [0.5, 0.6) is 0 Å². The number of carbonyl (C=O) groups is 3. The number of hydrogen-bond acceptors (Lipinski definition) is 9. The number of nitrogens with zero attached hydrogens (tertiary/aromatic N) is 6. The zero-order valence-electron chi connectivity index (χ0n) is 28.6. The topological polar surface area (TPSA) is 131 Å². The number of rotatable bonds is 4. The first-order valence-corrected chi connectivity index (χ1v) is 15.5. The van der Waals surface area contributed by atoms with Crippen LogP contribution in [0.25, 0.3) is 33.4 Å². The van der Waals surface area contributed by atoms with Gasteiger partial charge < -0.3 is 14.2 Å². The second-order valence-corrected chi connectivity index (χ2v) is 14.2. The molecule has 12 heteroatoms. The number of hydrogen-bond donors (Lipinski definition) is 0. The molecule has 0 atom stereocenters. The zero-order chi connectivity index (χ0) is 35.0. The lowest BCUT2D eigenvalue weighted by atomic mass is 10.1. The van der Waals surface area contributed by atoms with Crippen LogP contribution in [-0.2, 0) is 14.2 Å². The first kappa shape index (κ1) is 33.8. The maximum atomic E-state index is 13.7. The van der Waals surface area contributed by atoms with Gasteiger partial charge >= 0.3 is 18.3 Å². The Labute approximate surface area is 279 Å². The molecule has 0 saturated carbocycles. The highest BCUT2D eigenvalue weighted by Crippen LogP contribution is 2.31. The number of benzene rings is 2. The summed E-state index contributed by atoms with van der Waals surface area (Å²) in [5.74, 6) is 0.619. The minimum Gasteiger partial charge on any atom is -0.443 e. The quantitative estimate of drug-likeness (QED) is 0.175. The van der Waals surface area contributed by atoms with Crippen LogP contribution in [0.4, 0.5) is 25.9 Å². The molecular formula is C36H40N6O6. The molecule has 0 bridgehead atoms. The van der Waals surface area contributed by atoms with Crippen LogP contribution in [0, 0.1) is 0 Å². The number of carbonyl (C=O) groups excluding carboxylic acids is 3. The van der Waals surface area contributed by atoms with Crippen molar-refractivity contribution in [3.05, 3.63) is 79.4 Å². The van der Waals surface area contributed by atoms with E-state index in [-0.39, 0.29) is 5.82 Å². The Morgan fingerprint density at radius 2 is 1.33 bits per heavy atom. The minimum atomic E-state index is -0.778. The molecule has 5 aromatic rings. The summed E-state index contributed by atoms with van der Waals surface area (Å²) in [7, 11) is 0. The van der Waals surface area contributed by atoms with Gasteiger partial charge in [-0.05, 0) is 98.2 Å². The smallest absolute Gasteiger partial charge is 0.435 e. The molecular weight excluding hydrogens is 612 g/mol. The number of anilines is 2. The Balaban J connectivity index is 1.48. The Kier molecular flexibility index (Phi) is 8.87. The monoisotopic (exact) mass is 652 g/mol. The second kappa shape index (κ2) is 12.6. The number of fused-ring (bicyclic) bond motifs is 1. The van der Waals surface area contributed by atoms with Crippen molar-refractivity contribution in [3.8, 4) is 22.5 Å². The van der Waals surface area contributed by atoms with Crippen molar-refractivity contribution in [2.75, 3.05) is 4.90 Å². The summed E-state index contributed by atoms with van der Waals surface area (Å²) in [4.78, 5) is 49.6. The van der Waals surface area contributed by atoms with E-state index in [1.807, 2.05) is 57.2 Å². The molecule has 2 aromatic carbocycles. The molecule has 12 nitrogen and oxygen atoms in total. The third-order valence-corrected chi connectivity index (χ3v) is 6.61. The van der Waals surface area contributed by atoms with Crippen molar-refractivity contribution in [1.29, 1.82) is 0 Å². The molecule has 0 saturated heterocycles. The van der Waals surface area contributed by atoms with Crippen molar-refractivity contribution in [2.45, 2.75) is 79.1 Å². The van der Waals surface area contributed by atoms with Crippen molar-refractivity contribution in [2.24, 2.45) is 0 Å². The zero-order valence-corrected chi connectivity index (χ0v) is 28.6. The van der Waals surface area contributed by atoms with Gasteiger partial charge in [-0.1, -0.05) is 24.3 Å². The SMILES string of the molecule is CC(C)(C)OC(=O)N(c1ccc(-c2cnn(C(=O)OC(C)(C)C)c2)cc1)c1ccnc(-c2ccc3ccn(C(=O)OC(C)(C)C)c3c2)n1. The molecule has 0 aliphatic heterocycles. The molecule has 0 N–H and O–H groups in total. The predicted molar refractivity (Wildman–Crippen MR) is 182 cm³/mol. The summed E-state index contributed by atoms with van der Waals surface area (Å²) in [5, 5.41) is 4.99. The van der Waals surface area contributed by atoms with Gasteiger partial charge in [-0.15, -0.1) is 0 Å². The van der Waals surface area contributed by atoms with Crippen molar-refractivity contribution < 1.29 is 28.6 Å². The number of ether oxygens (including phenoxy) is 3. The van der Waals surface area contributed by atoms with Gasteiger partial charge in [0, 0.05) is 35.1 Å². The van der Waals surface area contributed by atoms with Gasteiger partial charge in [-0.2, -0.15) is 9.78 Å². The summed E-state index contributed by atoms with van der Waals surface area (Å²) in [5.41, 5.74) is 1.11. The Morgan fingerprint density at radius 1 is 0.708 bits per heavy atom. The molecule has 0 fully saturated rings. The fraction of sp³-hybridized carbons (Fsp3) is 0.333. The molecule has 0 spiro atoms. The highest BCUT2D eigenvalue weighted by molar-refractivity contribution is 5.96. The third kappa shape index (κ3) is 8.06. The van der Waals surface area contributed by atoms with Crippen LogP contribution < -0.4 is 4.90 Å². The van der Waals surface area contributed by atoms with Gasteiger partial charge in [-0.3, -0.25) is 4.57 Å². The van der Waals surface area contributed by atoms with Gasteiger partial charge in [0.15, 0.2) is 5.82 Å². The lowest BCUT2D eigenvalue weighted by Gasteiger charge is -2.27. The van der Waals surface area contributed by atoms with Gasteiger partial charge in [0.2, 0.25) is 0 Å². The second-order valence-electron chi connectivity index (χ2n) is 14.2. The van der Waals surface area contributed by atoms with E-state index in [0.717, 1.165) is 15.6 Å². The van der Waals surface area contributed by atoms with Crippen LogP contribution in [0.1, 0.15) is 62.3 Å². The minimum absolute atomic E-state index is 0.280. The average Bonchev–Trinajstić information content (AvgIpc) is 3.63. The summed E-state index contributed by atoms with van der Waals surface area (Å²) in [6.45, 7) is 16.2. The predicted octanol–water partition coefficient (Wildman–Crippen LogP) is 8.60. The van der Waals surface area contributed by atoms with Crippen LogP contribution >= 0.6 is 0 Å². The van der Waals surface area contributed by atoms with E-state index in [1.54, 1.807) is 84.5 Å². The molecule has 0 radical (unpaired) electrons. The first-order valence-electron chi connectivity index (χ1n) is 15.5. The van der Waals surface area contributed by atoms with E-state index in [4.69, 9.17) is 19.2 Å². The van der Waals surface area contributed by atoms with Gasteiger partial charge in [0.1, 0.15) is 22.6 Å². The lowest BCUT2D eigenvalue weighted by molar-refractivity contribution is 0.0510. The summed E-state index contributed by atoms with van der Waals surface area (Å²) >= 11 is 0. The first-order chi connectivity index (χ1) is 22.4. The Morgan fingerprint density at radius 3 is 1.98 bits per heavy atom. The number of aromatic nitrogens is 5. The van der Waals surface area contributed by atoms with E-state index >= 15 is 0 Å². The average molecular weight is 653 g/mol. The molecule has 48 heavy (non-hydrogen) atoms. The normalized spacial score (nSPS) is 12.1. The third-order valence-electron chi connectivity index (χ3n) is 6.61. The lowest BCUT2D eigenvalue weighted by Crippen LogP contribution is -2.34. The largest absolute Gasteiger partial charge is 0.443 e. The summed E-state index contributed by atoms with van der Waals surface area (Å²) in [6.07, 6.45) is 4.66. The Bertz CT molecular complexity index is 1970. The molecule has 250 valence electrons. The molecule has 3 aromatic heterocycles. The van der Waals surface area contributed by atoms with Crippen LogP contribution in [0.3, 0.4) is 0 Å². The number of amides is 1. The maximum Gasteiger partial charge on any atom is 0.435 e. The van der Waals surface area contributed by atoms with Gasteiger partial charge in [0.05, 0.1) is 17.4 Å². The van der Waals surface area contributed by atoms with Crippen LogP contribution in [-0.4, -0.2) is 59.4 Å². The molecule has 0 aliphatic rings. The van der Waals surface area contributed by atoms with E-state index in [2.05, 4.69) is 10.1 Å². The molecule has 1 amide bonds. The van der Waals surface area contributed by atoms with Crippen molar-refractivity contribution in [1.82, 2.24) is 24.3 Å². The standard InChI is InChI=1S/C36H40N6O6/c1-34(2,3)46-31(43)40-19-17-24-10-11-25(20-28(24)40)30-37-18-16-29(39-30)42(33(45)48-36(7,8)9)27-14-12-23(13-15-27)26-21-38-41(22-26)32(44)47-35(4,5)6/h10-22H,1-9H3. The molecule has 0 aliphatic carbocycles. The molecule has 5 rings (SSSR count). The van der Waals surface area contributed by atoms with Gasteiger partial charge in [-0.25, -0.2) is 29.3 Å². The highest BCUT2D eigenvalue weighted by Gasteiger charge is 2.27. The van der Waals surface area contributed by atoms with E-state index in [1.165, 1.54) is 9.47 Å². The maximum absolute atomic E-state index is 13.7.